The second kappa shape index (κ2) is 5.33. The molecule has 1 heteroatoms. The molecule has 0 aliphatic carbocycles. The predicted molar refractivity (Wildman–Crippen MR) is 75.2 cm³/mol. The van der Waals surface area contributed by atoms with Crippen molar-refractivity contribution in [3.8, 4) is 0 Å². The van der Waals surface area contributed by atoms with E-state index in [0.717, 1.165) is 13.0 Å². The highest BCUT2D eigenvalue weighted by atomic mass is 14.5. The number of fused-ring (bicyclic) bond motifs is 1. The molecule has 2 rings (SSSR count). The lowest BCUT2D eigenvalue weighted by Gasteiger charge is -2.19. The Morgan fingerprint density at radius 3 is 2.41 bits per heavy atom. The Balaban J connectivity index is 2.46. The van der Waals surface area contributed by atoms with Gasteiger partial charge in [-0.2, -0.15) is 0 Å². The molecule has 0 bridgehead atoms. The maximum Gasteiger partial charge on any atom is -0.000791 e. The first-order chi connectivity index (χ1) is 8.22. The van der Waals surface area contributed by atoms with Gasteiger partial charge in [-0.25, -0.2) is 0 Å². The highest BCUT2D eigenvalue weighted by molar-refractivity contribution is 5.86. The van der Waals surface area contributed by atoms with Gasteiger partial charge in [-0.3, -0.25) is 0 Å². The molecule has 1 unspecified atom stereocenters. The summed E-state index contributed by atoms with van der Waals surface area (Å²) >= 11 is 0. The van der Waals surface area contributed by atoms with E-state index >= 15 is 0 Å². The van der Waals surface area contributed by atoms with E-state index in [2.05, 4.69) is 56.3 Å². The summed E-state index contributed by atoms with van der Waals surface area (Å²) in [4.78, 5) is 0. The summed E-state index contributed by atoms with van der Waals surface area (Å²) in [5.41, 5.74) is 7.35. The van der Waals surface area contributed by atoms with Gasteiger partial charge in [0.1, 0.15) is 0 Å². The van der Waals surface area contributed by atoms with Gasteiger partial charge in [-0.15, -0.1) is 0 Å². The van der Waals surface area contributed by atoms with E-state index in [1.165, 1.54) is 16.3 Å². The average molecular weight is 227 g/mol. The minimum absolute atomic E-state index is 0.473. The van der Waals surface area contributed by atoms with Crippen LogP contribution in [0.15, 0.2) is 42.5 Å². The molecule has 0 saturated carbocycles. The molecule has 0 amide bonds. The molecule has 2 aromatic carbocycles. The van der Waals surface area contributed by atoms with Crippen LogP contribution in [0.2, 0.25) is 0 Å². The van der Waals surface area contributed by atoms with Crippen LogP contribution in [0.4, 0.5) is 0 Å². The molecule has 0 saturated heterocycles. The second-order valence-corrected chi connectivity index (χ2v) is 5.13. The van der Waals surface area contributed by atoms with Crippen molar-refractivity contribution in [2.24, 2.45) is 11.7 Å². The maximum atomic E-state index is 5.94. The molecule has 17 heavy (non-hydrogen) atoms. The molecule has 2 aromatic rings. The lowest BCUT2D eigenvalue weighted by molar-refractivity contribution is 0.506. The summed E-state index contributed by atoms with van der Waals surface area (Å²) in [5, 5.41) is 2.67. The summed E-state index contributed by atoms with van der Waals surface area (Å²) in [6.07, 6.45) is 1.16. The van der Waals surface area contributed by atoms with Gasteiger partial charge < -0.3 is 5.73 Å². The first kappa shape index (κ1) is 12.1. The molecular formula is C16H21N. The molecular weight excluding hydrogens is 206 g/mol. The molecule has 0 aliphatic heterocycles. The normalized spacial score (nSPS) is 13.2. The zero-order chi connectivity index (χ0) is 12.3. The zero-order valence-corrected chi connectivity index (χ0v) is 10.7. The maximum absolute atomic E-state index is 5.94. The Morgan fingerprint density at radius 1 is 1.00 bits per heavy atom. The van der Waals surface area contributed by atoms with Crippen LogP contribution in [0, 0.1) is 5.92 Å². The average Bonchev–Trinajstić information content (AvgIpc) is 2.35. The van der Waals surface area contributed by atoms with Gasteiger partial charge in [0, 0.05) is 0 Å². The van der Waals surface area contributed by atoms with Gasteiger partial charge in [0.15, 0.2) is 0 Å². The first-order valence-corrected chi connectivity index (χ1v) is 6.40. The molecule has 1 atom stereocenters. The Labute approximate surface area is 104 Å². The summed E-state index contributed by atoms with van der Waals surface area (Å²) in [7, 11) is 0. The van der Waals surface area contributed by atoms with E-state index in [9.17, 15) is 0 Å². The largest absolute Gasteiger partial charge is 0.330 e. The fraction of sp³-hybridized carbons (Fsp3) is 0.375. The van der Waals surface area contributed by atoms with E-state index < -0.39 is 0 Å². The molecule has 0 heterocycles. The van der Waals surface area contributed by atoms with Gasteiger partial charge in [0.25, 0.3) is 0 Å². The predicted octanol–water partition coefficient (Wildman–Crippen LogP) is 3.93. The molecule has 90 valence electrons. The quantitative estimate of drug-likeness (QED) is 0.841. The number of benzene rings is 2. The van der Waals surface area contributed by atoms with Crippen molar-refractivity contribution in [2.45, 2.75) is 26.2 Å². The summed E-state index contributed by atoms with van der Waals surface area (Å²) in [5.74, 6) is 1.16. The molecule has 1 nitrogen and oxygen atoms in total. The van der Waals surface area contributed by atoms with Crippen molar-refractivity contribution in [3.63, 3.8) is 0 Å². The number of rotatable bonds is 4. The van der Waals surface area contributed by atoms with Gasteiger partial charge in [-0.05, 0) is 41.1 Å². The van der Waals surface area contributed by atoms with Crippen LogP contribution in [-0.4, -0.2) is 6.54 Å². The van der Waals surface area contributed by atoms with Crippen molar-refractivity contribution >= 4 is 10.8 Å². The minimum Gasteiger partial charge on any atom is -0.330 e. The second-order valence-electron chi connectivity index (χ2n) is 5.13. The van der Waals surface area contributed by atoms with Crippen LogP contribution in [0.25, 0.3) is 10.8 Å². The van der Waals surface area contributed by atoms with Crippen LogP contribution in [0.1, 0.15) is 31.7 Å². The molecule has 2 N–H and O–H groups in total. The Morgan fingerprint density at radius 2 is 1.71 bits per heavy atom. The molecule has 0 aliphatic rings. The smallest absolute Gasteiger partial charge is 0.000791 e. The molecule has 0 aromatic heterocycles. The van der Waals surface area contributed by atoms with Crippen molar-refractivity contribution in [1.29, 1.82) is 0 Å². The SMILES string of the molecule is CC(C)CC(CN)c1cccc2ccccc12. The topological polar surface area (TPSA) is 26.0 Å². The minimum atomic E-state index is 0.473. The monoisotopic (exact) mass is 227 g/mol. The van der Waals surface area contributed by atoms with Crippen LogP contribution in [0.5, 0.6) is 0 Å². The Bertz CT molecular complexity index is 482. The Kier molecular flexibility index (Phi) is 3.80. The van der Waals surface area contributed by atoms with Gasteiger partial charge in [-0.1, -0.05) is 56.3 Å². The lowest BCUT2D eigenvalue weighted by Crippen LogP contribution is -2.15. The summed E-state index contributed by atoms with van der Waals surface area (Å²) < 4.78 is 0. The van der Waals surface area contributed by atoms with E-state index in [1.54, 1.807) is 0 Å². The van der Waals surface area contributed by atoms with Gasteiger partial charge in [0.2, 0.25) is 0 Å². The number of hydrogen-bond donors (Lipinski definition) is 1. The van der Waals surface area contributed by atoms with Crippen molar-refractivity contribution in [3.05, 3.63) is 48.0 Å². The van der Waals surface area contributed by atoms with Gasteiger partial charge >= 0.3 is 0 Å². The first-order valence-electron chi connectivity index (χ1n) is 6.40. The summed E-state index contributed by atoms with van der Waals surface area (Å²) in [6.45, 7) is 5.24. The molecule has 0 fully saturated rings. The molecule has 0 radical (unpaired) electrons. The van der Waals surface area contributed by atoms with E-state index in [4.69, 9.17) is 5.73 Å². The van der Waals surface area contributed by atoms with Crippen molar-refractivity contribution in [1.82, 2.24) is 0 Å². The third-order valence-electron chi connectivity index (χ3n) is 3.30. The van der Waals surface area contributed by atoms with Crippen LogP contribution < -0.4 is 5.73 Å². The van der Waals surface area contributed by atoms with E-state index in [1.807, 2.05) is 0 Å². The zero-order valence-electron chi connectivity index (χ0n) is 10.7. The number of nitrogens with two attached hydrogens (primary N) is 1. The van der Waals surface area contributed by atoms with E-state index in [-0.39, 0.29) is 0 Å². The molecule has 0 spiro atoms. The fourth-order valence-corrected chi connectivity index (χ4v) is 2.53. The standard InChI is InChI=1S/C16H21N/c1-12(2)10-14(11-17)16-9-5-7-13-6-3-4-8-15(13)16/h3-9,12,14H,10-11,17H2,1-2H3. The van der Waals surface area contributed by atoms with Crippen LogP contribution in [-0.2, 0) is 0 Å². The summed E-state index contributed by atoms with van der Waals surface area (Å²) in [6, 6.07) is 15.1. The Hall–Kier alpha value is -1.34. The highest BCUT2D eigenvalue weighted by Gasteiger charge is 2.13. The van der Waals surface area contributed by atoms with Crippen LogP contribution >= 0.6 is 0 Å². The third kappa shape index (κ3) is 2.67. The fourth-order valence-electron chi connectivity index (χ4n) is 2.53. The lowest BCUT2D eigenvalue weighted by atomic mass is 9.87. The number of hydrogen-bond acceptors (Lipinski definition) is 1. The third-order valence-corrected chi connectivity index (χ3v) is 3.30. The van der Waals surface area contributed by atoms with E-state index in [0.29, 0.717) is 11.8 Å². The highest BCUT2D eigenvalue weighted by Crippen LogP contribution is 2.29. The van der Waals surface area contributed by atoms with Crippen LogP contribution in [0.3, 0.4) is 0 Å². The van der Waals surface area contributed by atoms with Crippen molar-refractivity contribution in [2.75, 3.05) is 6.54 Å². The van der Waals surface area contributed by atoms with Gasteiger partial charge in [0.05, 0.1) is 0 Å². The van der Waals surface area contributed by atoms with Crippen molar-refractivity contribution < 1.29 is 0 Å².